The fraction of sp³-hybridized carbons (Fsp3) is 0.833. The van der Waals surface area contributed by atoms with Gasteiger partial charge in [-0.15, -0.1) is 0 Å². The normalized spacial score (nSPS) is 13.8. The van der Waals surface area contributed by atoms with Gasteiger partial charge in [-0.25, -0.2) is 0 Å². The van der Waals surface area contributed by atoms with Crippen molar-refractivity contribution in [3.63, 3.8) is 0 Å². The third kappa shape index (κ3) is 4.45. The summed E-state index contributed by atoms with van der Waals surface area (Å²) in [4.78, 5) is 23.3. The number of amides is 1. The lowest BCUT2D eigenvalue weighted by atomic mass is 9.82. The van der Waals surface area contributed by atoms with Gasteiger partial charge in [0.15, 0.2) is 5.78 Å². The molecule has 0 aliphatic rings. The number of carbonyl (C=O) groups excluding carboxylic acids is 2. The van der Waals surface area contributed by atoms with Crippen molar-refractivity contribution in [2.75, 3.05) is 0 Å². The first kappa shape index (κ1) is 14.1. The average molecular weight is 213 g/mol. The van der Waals surface area contributed by atoms with E-state index in [1.54, 1.807) is 6.92 Å². The molecule has 0 aromatic rings. The van der Waals surface area contributed by atoms with Gasteiger partial charge in [-0.3, -0.25) is 9.59 Å². The SMILES string of the molecule is CCC(=O)NC(C(=O)C(C)(C)C)C(C)C. The lowest BCUT2D eigenvalue weighted by Gasteiger charge is -2.27. The zero-order chi connectivity index (χ0) is 12.2. The highest BCUT2D eigenvalue weighted by Gasteiger charge is 2.32. The number of Topliss-reactive ketones (excluding diaryl/α,β-unsaturated/α-hetero) is 1. The fourth-order valence-electron chi connectivity index (χ4n) is 1.28. The minimum atomic E-state index is -0.407. The van der Waals surface area contributed by atoms with Crippen molar-refractivity contribution >= 4 is 11.7 Å². The Morgan fingerprint density at radius 3 is 1.93 bits per heavy atom. The summed E-state index contributed by atoms with van der Waals surface area (Å²) >= 11 is 0. The molecular weight excluding hydrogens is 190 g/mol. The predicted molar refractivity (Wildman–Crippen MR) is 61.5 cm³/mol. The van der Waals surface area contributed by atoms with Crippen molar-refractivity contribution in [3.05, 3.63) is 0 Å². The van der Waals surface area contributed by atoms with E-state index in [9.17, 15) is 9.59 Å². The van der Waals surface area contributed by atoms with E-state index in [1.165, 1.54) is 0 Å². The van der Waals surface area contributed by atoms with Crippen molar-refractivity contribution < 1.29 is 9.59 Å². The quantitative estimate of drug-likeness (QED) is 0.777. The number of hydrogen-bond donors (Lipinski definition) is 1. The van der Waals surface area contributed by atoms with E-state index in [0.29, 0.717) is 6.42 Å². The maximum Gasteiger partial charge on any atom is 0.220 e. The highest BCUT2D eigenvalue weighted by atomic mass is 16.2. The van der Waals surface area contributed by atoms with Gasteiger partial charge in [0.25, 0.3) is 0 Å². The van der Waals surface area contributed by atoms with Gasteiger partial charge in [0.1, 0.15) is 0 Å². The van der Waals surface area contributed by atoms with Crippen LogP contribution < -0.4 is 5.32 Å². The molecule has 0 aliphatic heterocycles. The smallest absolute Gasteiger partial charge is 0.220 e. The molecule has 1 atom stereocenters. The Morgan fingerprint density at radius 2 is 1.67 bits per heavy atom. The molecule has 3 nitrogen and oxygen atoms in total. The molecule has 0 saturated carbocycles. The summed E-state index contributed by atoms with van der Waals surface area (Å²) in [5.41, 5.74) is -0.407. The van der Waals surface area contributed by atoms with Crippen LogP contribution in [0, 0.1) is 11.3 Å². The van der Waals surface area contributed by atoms with Gasteiger partial charge >= 0.3 is 0 Å². The van der Waals surface area contributed by atoms with Crippen LogP contribution >= 0.6 is 0 Å². The summed E-state index contributed by atoms with van der Waals surface area (Å²) in [5, 5.41) is 2.78. The van der Waals surface area contributed by atoms with Crippen molar-refractivity contribution in [1.82, 2.24) is 5.32 Å². The van der Waals surface area contributed by atoms with Crippen LogP contribution in [0.5, 0.6) is 0 Å². The monoisotopic (exact) mass is 213 g/mol. The van der Waals surface area contributed by atoms with Crippen LogP contribution in [-0.2, 0) is 9.59 Å². The molecule has 88 valence electrons. The van der Waals surface area contributed by atoms with Crippen molar-refractivity contribution in [3.8, 4) is 0 Å². The van der Waals surface area contributed by atoms with Crippen LogP contribution in [0.4, 0.5) is 0 Å². The molecule has 0 aliphatic carbocycles. The number of nitrogens with one attached hydrogen (secondary N) is 1. The summed E-state index contributed by atoms with van der Waals surface area (Å²) < 4.78 is 0. The van der Waals surface area contributed by atoms with Crippen LogP contribution in [0.1, 0.15) is 48.0 Å². The van der Waals surface area contributed by atoms with E-state index < -0.39 is 5.41 Å². The number of carbonyl (C=O) groups is 2. The Kier molecular flexibility index (Phi) is 4.98. The molecule has 1 unspecified atom stereocenters. The highest BCUT2D eigenvalue weighted by Crippen LogP contribution is 2.20. The summed E-state index contributed by atoms with van der Waals surface area (Å²) in [6.07, 6.45) is 0.417. The second-order valence-corrected chi connectivity index (χ2v) is 5.26. The lowest BCUT2D eigenvalue weighted by molar-refractivity contribution is -0.133. The summed E-state index contributed by atoms with van der Waals surface area (Å²) in [5.74, 6) is 0.165. The molecule has 0 spiro atoms. The zero-order valence-electron chi connectivity index (χ0n) is 10.7. The molecule has 0 saturated heterocycles. The molecule has 0 fully saturated rings. The fourth-order valence-corrected chi connectivity index (χ4v) is 1.28. The molecule has 1 amide bonds. The molecule has 1 N–H and O–H groups in total. The van der Waals surface area contributed by atoms with E-state index >= 15 is 0 Å². The summed E-state index contributed by atoms with van der Waals surface area (Å²) in [6.45, 7) is 11.3. The largest absolute Gasteiger partial charge is 0.346 e. The van der Waals surface area contributed by atoms with Crippen LogP contribution in [0.25, 0.3) is 0 Å². The van der Waals surface area contributed by atoms with Gasteiger partial charge < -0.3 is 5.32 Å². The van der Waals surface area contributed by atoms with Gasteiger partial charge in [-0.1, -0.05) is 41.5 Å². The molecule has 0 radical (unpaired) electrons. The maximum atomic E-state index is 12.0. The minimum Gasteiger partial charge on any atom is -0.346 e. The van der Waals surface area contributed by atoms with Crippen LogP contribution in [0.2, 0.25) is 0 Å². The predicted octanol–water partition coefficient (Wildman–Crippen LogP) is 2.15. The second kappa shape index (κ2) is 5.29. The van der Waals surface area contributed by atoms with E-state index in [2.05, 4.69) is 5.32 Å². The van der Waals surface area contributed by atoms with E-state index in [0.717, 1.165) is 0 Å². The zero-order valence-corrected chi connectivity index (χ0v) is 10.7. The van der Waals surface area contributed by atoms with E-state index in [1.807, 2.05) is 34.6 Å². The molecule has 0 rings (SSSR count). The average Bonchev–Trinajstić information content (AvgIpc) is 2.10. The first-order chi connectivity index (χ1) is 6.70. The van der Waals surface area contributed by atoms with Crippen molar-refractivity contribution in [1.29, 1.82) is 0 Å². The molecular formula is C12H23NO2. The van der Waals surface area contributed by atoms with E-state index in [-0.39, 0.29) is 23.7 Å². The van der Waals surface area contributed by atoms with Gasteiger partial charge in [-0.05, 0) is 5.92 Å². The first-order valence-electron chi connectivity index (χ1n) is 5.53. The van der Waals surface area contributed by atoms with Gasteiger partial charge in [-0.2, -0.15) is 0 Å². The molecule has 0 aromatic heterocycles. The number of rotatable bonds is 4. The Labute approximate surface area is 92.6 Å². The summed E-state index contributed by atoms with van der Waals surface area (Å²) in [6, 6.07) is -0.363. The maximum absolute atomic E-state index is 12.0. The molecule has 3 heteroatoms. The third-order valence-corrected chi connectivity index (χ3v) is 2.33. The second-order valence-electron chi connectivity index (χ2n) is 5.26. The van der Waals surface area contributed by atoms with Gasteiger partial charge in [0.05, 0.1) is 6.04 Å². The molecule has 15 heavy (non-hydrogen) atoms. The van der Waals surface area contributed by atoms with Gasteiger partial charge in [0.2, 0.25) is 5.91 Å². The van der Waals surface area contributed by atoms with Crippen LogP contribution in [-0.4, -0.2) is 17.7 Å². The molecule has 0 heterocycles. The Balaban J connectivity index is 4.68. The molecule has 0 aromatic carbocycles. The standard InChI is InChI=1S/C12H23NO2/c1-7-9(14)13-10(8(2)3)11(15)12(4,5)6/h8,10H,7H2,1-6H3,(H,13,14). The van der Waals surface area contributed by atoms with Crippen LogP contribution in [0.3, 0.4) is 0 Å². The number of hydrogen-bond acceptors (Lipinski definition) is 2. The van der Waals surface area contributed by atoms with Gasteiger partial charge in [0, 0.05) is 11.8 Å². The summed E-state index contributed by atoms with van der Waals surface area (Å²) in [7, 11) is 0. The Morgan fingerprint density at radius 1 is 1.20 bits per heavy atom. The minimum absolute atomic E-state index is 0.0636. The van der Waals surface area contributed by atoms with E-state index in [4.69, 9.17) is 0 Å². The van der Waals surface area contributed by atoms with Crippen LogP contribution in [0.15, 0.2) is 0 Å². The van der Waals surface area contributed by atoms with Crippen molar-refractivity contribution in [2.45, 2.75) is 54.0 Å². The van der Waals surface area contributed by atoms with Crippen molar-refractivity contribution in [2.24, 2.45) is 11.3 Å². The first-order valence-corrected chi connectivity index (χ1v) is 5.53. The Bertz CT molecular complexity index is 238. The number of ketones is 1. The highest BCUT2D eigenvalue weighted by molar-refractivity contribution is 5.92. The molecule has 0 bridgehead atoms. The Hall–Kier alpha value is -0.860. The third-order valence-electron chi connectivity index (χ3n) is 2.33. The topological polar surface area (TPSA) is 46.2 Å². The lowest BCUT2D eigenvalue weighted by Crippen LogP contribution is -2.48.